The molecule has 2 aromatic rings. The predicted molar refractivity (Wildman–Crippen MR) is 123 cm³/mol. The third-order valence-electron chi connectivity index (χ3n) is 7.32. The number of sulfonamides is 1. The van der Waals surface area contributed by atoms with Gasteiger partial charge >= 0.3 is 0 Å². The van der Waals surface area contributed by atoms with Crippen LogP contribution in [0.1, 0.15) is 54.6 Å². The molecule has 5 nitrogen and oxygen atoms in total. The van der Waals surface area contributed by atoms with Crippen molar-refractivity contribution < 1.29 is 22.0 Å². The first-order valence-corrected chi connectivity index (χ1v) is 13.2. The number of rotatable bonds is 6. The second-order valence-electron chi connectivity index (χ2n) is 9.65. The van der Waals surface area contributed by atoms with Crippen LogP contribution < -0.4 is 0 Å². The van der Waals surface area contributed by atoms with Crippen LogP contribution in [-0.4, -0.2) is 35.6 Å². The highest BCUT2D eigenvalue weighted by Gasteiger charge is 2.45. The number of ketones is 1. The summed E-state index contributed by atoms with van der Waals surface area (Å²) >= 11 is 0. The van der Waals surface area contributed by atoms with Crippen molar-refractivity contribution in [2.45, 2.75) is 61.9 Å². The second-order valence-corrected chi connectivity index (χ2v) is 11.5. The van der Waals surface area contributed by atoms with Crippen LogP contribution >= 0.6 is 0 Å². The van der Waals surface area contributed by atoms with Gasteiger partial charge in [-0.2, -0.15) is 4.31 Å². The van der Waals surface area contributed by atoms with Gasteiger partial charge in [-0.25, -0.2) is 17.2 Å². The Balaban J connectivity index is 1.35. The van der Waals surface area contributed by atoms with E-state index in [1.807, 2.05) is 12.1 Å². The van der Waals surface area contributed by atoms with Crippen LogP contribution in [0.25, 0.3) is 11.6 Å². The largest absolute Gasteiger partial charge is 0.299 e. The van der Waals surface area contributed by atoms with Crippen molar-refractivity contribution in [3.05, 3.63) is 70.6 Å². The minimum absolute atomic E-state index is 0.177. The molecule has 1 aromatic heterocycles. The van der Waals surface area contributed by atoms with Crippen molar-refractivity contribution in [2.24, 2.45) is 5.92 Å². The lowest BCUT2D eigenvalue weighted by molar-refractivity contribution is -0.119. The molecule has 2 bridgehead atoms. The average molecular weight is 483 g/mol. The predicted octanol–water partition coefficient (Wildman–Crippen LogP) is 4.46. The summed E-state index contributed by atoms with van der Waals surface area (Å²) in [7, 11) is -3.97. The van der Waals surface area contributed by atoms with E-state index < -0.39 is 21.7 Å². The first-order valence-electron chi connectivity index (χ1n) is 11.7. The fourth-order valence-corrected chi connectivity index (χ4v) is 7.34. The summed E-state index contributed by atoms with van der Waals surface area (Å²) in [4.78, 5) is 16.9. The number of carbonyl (C=O) groups is 1. The summed E-state index contributed by atoms with van der Waals surface area (Å²) in [5.74, 6) is -1.82. The van der Waals surface area contributed by atoms with Crippen LogP contribution in [0.3, 0.4) is 0 Å². The minimum Gasteiger partial charge on any atom is -0.299 e. The molecule has 6 rings (SSSR count). The summed E-state index contributed by atoms with van der Waals surface area (Å²) in [5, 5.41) is 0. The van der Waals surface area contributed by atoms with E-state index in [-0.39, 0.29) is 28.7 Å². The normalized spacial score (nSPS) is 23.8. The van der Waals surface area contributed by atoms with Crippen molar-refractivity contribution in [3.63, 3.8) is 0 Å². The maximum Gasteiger partial charge on any atom is 0.243 e. The Morgan fingerprint density at radius 3 is 2.65 bits per heavy atom. The molecule has 2 aliphatic heterocycles. The highest BCUT2D eigenvalue weighted by molar-refractivity contribution is 7.89. The lowest BCUT2D eigenvalue weighted by Gasteiger charge is -2.33. The molecular weight excluding hydrogens is 458 g/mol. The van der Waals surface area contributed by atoms with E-state index >= 15 is 0 Å². The molecule has 1 saturated heterocycles. The maximum absolute atomic E-state index is 13.8. The van der Waals surface area contributed by atoms with Gasteiger partial charge < -0.3 is 0 Å². The van der Waals surface area contributed by atoms with Gasteiger partial charge in [0.1, 0.15) is 5.78 Å². The smallest absolute Gasteiger partial charge is 0.243 e. The van der Waals surface area contributed by atoms with Crippen LogP contribution in [0, 0.1) is 17.6 Å². The van der Waals surface area contributed by atoms with Gasteiger partial charge in [-0.1, -0.05) is 18.2 Å². The van der Waals surface area contributed by atoms with E-state index in [0.29, 0.717) is 25.7 Å². The van der Waals surface area contributed by atoms with E-state index in [2.05, 4.69) is 12.2 Å². The molecule has 2 unspecified atom stereocenters. The second kappa shape index (κ2) is 7.92. The number of pyridine rings is 1. The van der Waals surface area contributed by atoms with Crippen molar-refractivity contribution in [1.29, 1.82) is 0 Å². The number of benzene rings is 1. The first kappa shape index (κ1) is 21.8. The van der Waals surface area contributed by atoms with Crippen LogP contribution in [0.4, 0.5) is 8.78 Å². The van der Waals surface area contributed by atoms with Crippen LogP contribution in [0.2, 0.25) is 0 Å². The first-order chi connectivity index (χ1) is 16.3. The molecule has 0 amide bonds. The number of allylic oxidation sites excluding steroid dienone is 1. The molecule has 1 saturated carbocycles. The van der Waals surface area contributed by atoms with Crippen molar-refractivity contribution in [2.75, 3.05) is 0 Å². The molecule has 2 atom stereocenters. The topological polar surface area (TPSA) is 67.3 Å². The van der Waals surface area contributed by atoms with Crippen LogP contribution in [-0.2, 0) is 27.7 Å². The third-order valence-corrected chi connectivity index (χ3v) is 9.29. The highest BCUT2D eigenvalue weighted by atomic mass is 32.2. The zero-order valence-electron chi connectivity index (χ0n) is 18.5. The number of nitrogens with zero attached hydrogens (tertiary/aromatic N) is 2. The fourth-order valence-electron chi connectivity index (χ4n) is 5.50. The number of hydrogen-bond acceptors (Lipinski definition) is 4. The molecule has 0 radical (unpaired) electrons. The van der Waals surface area contributed by atoms with Crippen molar-refractivity contribution >= 4 is 27.5 Å². The van der Waals surface area contributed by atoms with Crippen molar-refractivity contribution in [1.82, 2.24) is 9.29 Å². The van der Waals surface area contributed by atoms with Gasteiger partial charge in [-0.15, -0.1) is 0 Å². The standard InChI is InChI=1S/C26H24F2N2O3S/c27-23-9-8-20(14-24(23)28)34(32,33)30-18-6-7-19(30)11-16(10-18)22-12-17(13-26(31)15-4-5-15)29-25-3-1-2-21(22)25/h1-2,8-10,12,14-15,18-19H,3-7,11,13H2. The number of aromatic nitrogens is 1. The zero-order chi connectivity index (χ0) is 23.6. The van der Waals surface area contributed by atoms with Gasteiger partial charge in [0, 0.05) is 42.1 Å². The lowest BCUT2D eigenvalue weighted by Crippen LogP contribution is -2.42. The molecule has 1 aromatic carbocycles. The van der Waals surface area contributed by atoms with Crippen LogP contribution in [0.5, 0.6) is 0 Å². The molecule has 2 aliphatic carbocycles. The minimum atomic E-state index is -3.97. The summed E-state index contributed by atoms with van der Waals surface area (Å²) in [6.45, 7) is 0. The van der Waals surface area contributed by atoms with Gasteiger partial charge in [0.05, 0.1) is 10.6 Å². The Bertz CT molecular complexity index is 1380. The van der Waals surface area contributed by atoms with Gasteiger partial charge in [0.15, 0.2) is 11.6 Å². The quantitative estimate of drug-likeness (QED) is 0.610. The number of halogens is 2. The summed E-state index contributed by atoms with van der Waals surface area (Å²) in [6, 6.07) is 4.13. The van der Waals surface area contributed by atoms with Gasteiger partial charge in [0.25, 0.3) is 0 Å². The fraction of sp³-hybridized carbons (Fsp3) is 0.385. The summed E-state index contributed by atoms with van der Waals surface area (Å²) < 4.78 is 55.3. The van der Waals surface area contributed by atoms with E-state index in [0.717, 1.165) is 65.5 Å². The van der Waals surface area contributed by atoms with E-state index in [1.165, 1.54) is 4.31 Å². The molecule has 0 spiro atoms. The Hall–Kier alpha value is -2.71. The maximum atomic E-state index is 13.8. The van der Waals surface area contributed by atoms with Gasteiger partial charge in [-0.3, -0.25) is 9.78 Å². The molecule has 4 aliphatic rings. The van der Waals surface area contributed by atoms with Crippen molar-refractivity contribution in [3.8, 4) is 0 Å². The lowest BCUT2D eigenvalue weighted by atomic mass is 9.91. The monoisotopic (exact) mass is 482 g/mol. The number of hydrogen-bond donors (Lipinski definition) is 0. The summed E-state index contributed by atoms with van der Waals surface area (Å²) in [5.41, 5.74) is 4.87. The highest BCUT2D eigenvalue weighted by Crippen LogP contribution is 2.43. The Morgan fingerprint density at radius 2 is 1.91 bits per heavy atom. The zero-order valence-corrected chi connectivity index (χ0v) is 19.3. The average Bonchev–Trinajstić information content (AvgIpc) is 3.49. The third kappa shape index (κ3) is 3.64. The molecule has 0 N–H and O–H groups in total. The number of carbonyl (C=O) groups excluding carboxylic acids is 1. The SMILES string of the molecule is O=C(Cc1cc(C2=CC3CCC(C2)N3S(=O)(=O)c2ccc(F)c(F)c2)c2c(n1)CC=C2)C1CC1. The summed E-state index contributed by atoms with van der Waals surface area (Å²) in [6.07, 6.45) is 11.0. The number of Topliss-reactive ketones (excluding diaryl/α,β-unsaturated/α-hetero) is 1. The Morgan fingerprint density at radius 1 is 1.09 bits per heavy atom. The molecule has 176 valence electrons. The van der Waals surface area contributed by atoms with Crippen LogP contribution in [0.15, 0.2) is 41.3 Å². The number of fused-ring (bicyclic) bond motifs is 3. The van der Waals surface area contributed by atoms with E-state index in [9.17, 15) is 22.0 Å². The molecule has 3 heterocycles. The van der Waals surface area contributed by atoms with E-state index in [4.69, 9.17) is 4.98 Å². The Labute approximate surface area is 197 Å². The molecule has 34 heavy (non-hydrogen) atoms. The molecular formula is C26H24F2N2O3S. The van der Waals surface area contributed by atoms with E-state index in [1.54, 1.807) is 0 Å². The molecule has 2 fully saturated rings. The Kier molecular flexibility index (Phi) is 5.08. The van der Waals surface area contributed by atoms with Gasteiger partial charge in [-0.05, 0) is 67.5 Å². The molecule has 8 heteroatoms. The van der Waals surface area contributed by atoms with Gasteiger partial charge in [0.2, 0.25) is 10.0 Å².